The number of carbonyl (C=O) groups is 1. The Balaban J connectivity index is 2.44. The van der Waals surface area contributed by atoms with Gasteiger partial charge >= 0.3 is 5.97 Å². The molecule has 0 radical (unpaired) electrons. The predicted molar refractivity (Wildman–Crippen MR) is 41.0 cm³/mol. The molecule has 3 nitrogen and oxygen atoms in total. The second kappa shape index (κ2) is 3.39. The van der Waals surface area contributed by atoms with Crippen molar-refractivity contribution in [1.82, 2.24) is 0 Å². The van der Waals surface area contributed by atoms with E-state index in [4.69, 9.17) is 0 Å². The van der Waals surface area contributed by atoms with E-state index in [1.165, 1.54) is 17.9 Å². The van der Waals surface area contributed by atoms with Crippen molar-refractivity contribution < 1.29 is 13.7 Å². The van der Waals surface area contributed by atoms with Gasteiger partial charge in [-0.25, -0.2) is 4.21 Å². The quantitative estimate of drug-likeness (QED) is 0.426. The van der Waals surface area contributed by atoms with Gasteiger partial charge < -0.3 is 4.74 Å². The minimum Gasteiger partial charge on any atom is -0.469 e. The third kappa shape index (κ3) is 1.73. The molecule has 1 unspecified atom stereocenters. The highest BCUT2D eigenvalue weighted by Gasteiger charge is 2.28. The molecular formula is C5H8O3S2. The van der Waals surface area contributed by atoms with Crippen LogP contribution in [0.5, 0.6) is 0 Å². The lowest BCUT2D eigenvalue weighted by molar-refractivity contribution is -0.143. The van der Waals surface area contributed by atoms with Crippen LogP contribution in [0.2, 0.25) is 0 Å². The van der Waals surface area contributed by atoms with E-state index >= 15 is 0 Å². The van der Waals surface area contributed by atoms with Gasteiger partial charge in [0.2, 0.25) is 0 Å². The maximum atomic E-state index is 10.8. The number of hydrogen-bond donors (Lipinski definition) is 0. The molecule has 1 saturated heterocycles. The van der Waals surface area contributed by atoms with E-state index in [9.17, 15) is 9.00 Å². The fourth-order valence-electron chi connectivity index (χ4n) is 0.721. The van der Waals surface area contributed by atoms with Gasteiger partial charge in [-0.2, -0.15) is 0 Å². The first kappa shape index (κ1) is 8.07. The smallest absolute Gasteiger partial charge is 0.310 e. The van der Waals surface area contributed by atoms with Crippen LogP contribution in [-0.4, -0.2) is 28.8 Å². The van der Waals surface area contributed by atoms with E-state index in [1.807, 2.05) is 0 Å². The topological polar surface area (TPSA) is 43.4 Å². The zero-order valence-electron chi connectivity index (χ0n) is 5.53. The van der Waals surface area contributed by atoms with Crippen molar-refractivity contribution in [2.24, 2.45) is 5.92 Å². The van der Waals surface area contributed by atoms with Gasteiger partial charge in [0.05, 0.1) is 22.9 Å². The fourth-order valence-corrected chi connectivity index (χ4v) is 3.85. The lowest BCUT2D eigenvalue weighted by atomic mass is 10.2. The SMILES string of the molecule is COC(=O)[C@@H]1CSS(=O)C1. The van der Waals surface area contributed by atoms with Gasteiger partial charge in [0.15, 0.2) is 0 Å². The zero-order chi connectivity index (χ0) is 7.56. The van der Waals surface area contributed by atoms with Crippen LogP contribution in [0, 0.1) is 5.92 Å². The Bertz CT molecular complexity index is 168. The summed E-state index contributed by atoms with van der Waals surface area (Å²) in [7, 11) is 1.82. The second-order valence-corrected chi connectivity index (χ2v) is 5.31. The van der Waals surface area contributed by atoms with Crippen LogP contribution in [0.15, 0.2) is 0 Å². The third-order valence-corrected chi connectivity index (χ3v) is 4.35. The van der Waals surface area contributed by atoms with Crippen LogP contribution < -0.4 is 0 Å². The Morgan fingerprint density at radius 3 is 2.90 bits per heavy atom. The van der Waals surface area contributed by atoms with Crippen molar-refractivity contribution in [3.63, 3.8) is 0 Å². The molecule has 0 aromatic rings. The first-order chi connectivity index (χ1) is 4.74. The molecule has 1 rings (SSSR count). The molecule has 1 fully saturated rings. The molecule has 5 heteroatoms. The van der Waals surface area contributed by atoms with Crippen LogP contribution in [-0.2, 0) is 19.4 Å². The predicted octanol–water partition coefficient (Wildman–Crippen LogP) is 0.186. The fraction of sp³-hybridized carbons (Fsp3) is 0.800. The summed E-state index contributed by atoms with van der Waals surface area (Å²) in [6, 6.07) is 0. The summed E-state index contributed by atoms with van der Waals surface area (Å²) in [5.74, 6) is 0.713. The Morgan fingerprint density at radius 2 is 2.50 bits per heavy atom. The summed E-state index contributed by atoms with van der Waals surface area (Å²) in [4.78, 5) is 10.8. The molecule has 1 aliphatic rings. The number of rotatable bonds is 1. The minimum atomic E-state index is -0.859. The van der Waals surface area contributed by atoms with Crippen molar-refractivity contribution in [3.8, 4) is 0 Å². The van der Waals surface area contributed by atoms with Crippen molar-refractivity contribution in [2.75, 3.05) is 18.6 Å². The molecule has 0 aromatic heterocycles. The Hall–Kier alpha value is -0.0300. The first-order valence-corrected chi connectivity index (χ1v) is 5.65. The summed E-state index contributed by atoms with van der Waals surface area (Å²) in [5.41, 5.74) is 0. The monoisotopic (exact) mass is 180 g/mol. The first-order valence-electron chi connectivity index (χ1n) is 2.83. The largest absolute Gasteiger partial charge is 0.469 e. The number of esters is 1. The second-order valence-electron chi connectivity index (χ2n) is 1.98. The van der Waals surface area contributed by atoms with Crippen LogP contribution in [0.3, 0.4) is 0 Å². The summed E-state index contributed by atoms with van der Waals surface area (Å²) < 4.78 is 15.2. The maximum absolute atomic E-state index is 10.8. The van der Waals surface area contributed by atoms with Gasteiger partial charge in [0.1, 0.15) is 0 Å². The van der Waals surface area contributed by atoms with Gasteiger partial charge in [-0.3, -0.25) is 4.79 Å². The lowest BCUT2D eigenvalue weighted by Gasteiger charge is -2.01. The highest BCUT2D eigenvalue weighted by molar-refractivity contribution is 8.69. The molecule has 0 amide bonds. The summed E-state index contributed by atoms with van der Waals surface area (Å²) in [6.07, 6.45) is 0. The normalized spacial score (nSPS) is 32.1. The molecule has 0 spiro atoms. The van der Waals surface area contributed by atoms with Crippen molar-refractivity contribution in [1.29, 1.82) is 0 Å². The summed E-state index contributed by atoms with van der Waals surface area (Å²) in [5, 5.41) is 0. The van der Waals surface area contributed by atoms with Gasteiger partial charge in [-0.05, 0) is 0 Å². The van der Waals surface area contributed by atoms with Crippen molar-refractivity contribution in [2.45, 2.75) is 0 Å². The molecule has 10 heavy (non-hydrogen) atoms. The number of carbonyl (C=O) groups excluding carboxylic acids is 1. The highest BCUT2D eigenvalue weighted by Crippen LogP contribution is 2.24. The van der Waals surface area contributed by atoms with E-state index in [2.05, 4.69) is 4.74 Å². The number of methoxy groups -OCH3 is 1. The Labute approximate surface area is 65.4 Å². The van der Waals surface area contributed by atoms with E-state index in [0.29, 0.717) is 11.5 Å². The van der Waals surface area contributed by atoms with E-state index in [0.717, 1.165) is 0 Å². The summed E-state index contributed by atoms with van der Waals surface area (Å²) >= 11 is 0. The van der Waals surface area contributed by atoms with Gasteiger partial charge in [-0.1, -0.05) is 10.8 Å². The van der Waals surface area contributed by atoms with Crippen molar-refractivity contribution in [3.05, 3.63) is 0 Å². The van der Waals surface area contributed by atoms with Crippen LogP contribution in [0.25, 0.3) is 0 Å². The molecule has 2 atom stereocenters. The molecule has 58 valence electrons. The van der Waals surface area contributed by atoms with Gasteiger partial charge in [0, 0.05) is 11.5 Å². The van der Waals surface area contributed by atoms with Crippen molar-refractivity contribution >= 4 is 26.6 Å². The molecule has 0 saturated carbocycles. The highest BCUT2D eigenvalue weighted by atomic mass is 33.1. The maximum Gasteiger partial charge on any atom is 0.310 e. The Kier molecular flexibility index (Phi) is 2.73. The number of ether oxygens (including phenoxy) is 1. The van der Waals surface area contributed by atoms with Crippen LogP contribution in [0.4, 0.5) is 0 Å². The van der Waals surface area contributed by atoms with Gasteiger partial charge in [0.25, 0.3) is 0 Å². The molecule has 0 aromatic carbocycles. The van der Waals surface area contributed by atoms with E-state index in [1.54, 1.807) is 0 Å². The standard InChI is InChI=1S/C5H8O3S2/c1-8-5(6)4-2-9-10(7)3-4/h4H,2-3H2,1H3/t4-,10?/m1/s1. The molecular weight excluding hydrogens is 172 g/mol. The Morgan fingerprint density at radius 1 is 1.80 bits per heavy atom. The average molecular weight is 180 g/mol. The molecule has 0 aliphatic carbocycles. The average Bonchev–Trinajstić information content (AvgIpc) is 2.34. The number of hydrogen-bond acceptors (Lipinski definition) is 4. The van der Waals surface area contributed by atoms with E-state index < -0.39 is 9.83 Å². The van der Waals surface area contributed by atoms with Crippen LogP contribution in [0.1, 0.15) is 0 Å². The molecule has 0 bridgehead atoms. The summed E-state index contributed by atoms with van der Waals surface area (Å²) in [6.45, 7) is 0. The zero-order valence-corrected chi connectivity index (χ0v) is 7.17. The minimum absolute atomic E-state index is 0.143. The van der Waals surface area contributed by atoms with Crippen LogP contribution >= 0.6 is 10.8 Å². The molecule has 0 N–H and O–H groups in total. The van der Waals surface area contributed by atoms with Gasteiger partial charge in [-0.15, -0.1) is 0 Å². The third-order valence-electron chi connectivity index (χ3n) is 1.27. The molecule has 1 aliphatic heterocycles. The van der Waals surface area contributed by atoms with E-state index in [-0.39, 0.29) is 11.9 Å². The molecule has 1 heterocycles. The lowest BCUT2D eigenvalue weighted by Crippen LogP contribution is -2.18.